The molecule has 1 unspecified atom stereocenters. The molecule has 2 aromatic carbocycles. The van der Waals surface area contributed by atoms with E-state index in [0.29, 0.717) is 48.4 Å². The summed E-state index contributed by atoms with van der Waals surface area (Å²) in [5.74, 6) is 0.200. The van der Waals surface area contributed by atoms with E-state index in [0.717, 1.165) is 35.5 Å². The Labute approximate surface area is 268 Å². The molecule has 1 saturated heterocycles. The van der Waals surface area contributed by atoms with Crippen LogP contribution in [0, 0.1) is 11.8 Å². The first-order chi connectivity index (χ1) is 20.6. The number of hydrogen-bond acceptors (Lipinski definition) is 7. The molecule has 0 aliphatic carbocycles. The van der Waals surface area contributed by atoms with Crippen LogP contribution in [0.1, 0.15) is 51.2 Å². The number of amides is 2. The van der Waals surface area contributed by atoms with Gasteiger partial charge in [-0.1, -0.05) is 91.7 Å². The van der Waals surface area contributed by atoms with Crippen molar-refractivity contribution in [3.63, 3.8) is 0 Å². The molecule has 0 bridgehead atoms. The highest BCUT2D eigenvalue weighted by atomic mass is 35.5. The molecule has 43 heavy (non-hydrogen) atoms. The van der Waals surface area contributed by atoms with Crippen LogP contribution < -0.4 is 11.1 Å². The standard InChI is InChI=1S/C32H42Cl2N6O2S/c1-21(2)14-27-19-39(31(42)29(35)16-24-11-12-25(33)17-28(24)34)26(10-7-13-36-32-38-37-20-43-32)18-40(27)30(41)22(3)15-23-8-5-4-6-9-23/h4-6,8-9,11-12,17,20-22,26-27,29H,7,10,13-16,18-19,35H2,1-3H3,(H,36,38)/t22?,26-,27+,29+/m0/s1. The molecule has 1 fully saturated rings. The third-order valence-electron chi connectivity index (χ3n) is 7.93. The Morgan fingerprint density at radius 3 is 2.42 bits per heavy atom. The molecule has 11 heteroatoms. The van der Waals surface area contributed by atoms with Crippen molar-refractivity contribution in [2.75, 3.05) is 25.0 Å². The second kappa shape index (κ2) is 15.8. The summed E-state index contributed by atoms with van der Waals surface area (Å²) in [6.07, 6.45) is 3.30. The van der Waals surface area contributed by atoms with Gasteiger partial charge in [0.25, 0.3) is 0 Å². The van der Waals surface area contributed by atoms with Crippen molar-refractivity contribution in [3.8, 4) is 0 Å². The number of benzene rings is 2. The largest absolute Gasteiger partial charge is 0.360 e. The lowest BCUT2D eigenvalue weighted by molar-refractivity contribution is -0.150. The summed E-state index contributed by atoms with van der Waals surface area (Å²) in [6, 6.07) is 14.4. The van der Waals surface area contributed by atoms with E-state index in [1.807, 2.05) is 41.0 Å². The third kappa shape index (κ3) is 9.38. The minimum absolute atomic E-state index is 0.0863. The van der Waals surface area contributed by atoms with Crippen molar-refractivity contribution in [3.05, 3.63) is 75.2 Å². The van der Waals surface area contributed by atoms with E-state index in [4.69, 9.17) is 28.9 Å². The smallest absolute Gasteiger partial charge is 0.240 e. The van der Waals surface area contributed by atoms with Crippen molar-refractivity contribution in [1.29, 1.82) is 0 Å². The minimum Gasteiger partial charge on any atom is -0.360 e. The van der Waals surface area contributed by atoms with Gasteiger partial charge in [0.15, 0.2) is 0 Å². The highest BCUT2D eigenvalue weighted by Gasteiger charge is 2.40. The van der Waals surface area contributed by atoms with E-state index in [2.05, 4.69) is 41.5 Å². The summed E-state index contributed by atoms with van der Waals surface area (Å²) in [4.78, 5) is 31.9. The maximum absolute atomic E-state index is 14.0. The van der Waals surface area contributed by atoms with E-state index in [-0.39, 0.29) is 29.8 Å². The van der Waals surface area contributed by atoms with Gasteiger partial charge in [0, 0.05) is 47.7 Å². The van der Waals surface area contributed by atoms with Gasteiger partial charge in [-0.2, -0.15) is 0 Å². The molecule has 3 aromatic rings. The Morgan fingerprint density at radius 1 is 1.02 bits per heavy atom. The Morgan fingerprint density at radius 2 is 1.74 bits per heavy atom. The van der Waals surface area contributed by atoms with E-state index >= 15 is 0 Å². The van der Waals surface area contributed by atoms with E-state index < -0.39 is 6.04 Å². The van der Waals surface area contributed by atoms with Crippen LogP contribution in [0.5, 0.6) is 0 Å². The van der Waals surface area contributed by atoms with Crippen molar-refractivity contribution in [2.45, 2.75) is 71.0 Å². The van der Waals surface area contributed by atoms with Gasteiger partial charge < -0.3 is 20.9 Å². The van der Waals surface area contributed by atoms with Crippen LogP contribution in [0.2, 0.25) is 10.0 Å². The number of nitrogens with one attached hydrogen (secondary N) is 1. The second-order valence-corrected chi connectivity index (χ2v) is 13.5. The number of aromatic nitrogens is 2. The van der Waals surface area contributed by atoms with Crippen LogP contribution in [0.4, 0.5) is 5.13 Å². The van der Waals surface area contributed by atoms with Gasteiger partial charge in [-0.25, -0.2) is 0 Å². The lowest BCUT2D eigenvalue weighted by Crippen LogP contribution is -2.64. The fourth-order valence-corrected chi connectivity index (χ4v) is 6.79. The summed E-state index contributed by atoms with van der Waals surface area (Å²) in [6.45, 7) is 7.94. The van der Waals surface area contributed by atoms with Crippen LogP contribution in [0.15, 0.2) is 54.0 Å². The van der Waals surface area contributed by atoms with Gasteiger partial charge >= 0.3 is 0 Å². The molecule has 4 rings (SSSR count). The van der Waals surface area contributed by atoms with Gasteiger partial charge in [0.1, 0.15) is 5.51 Å². The summed E-state index contributed by atoms with van der Waals surface area (Å²) >= 11 is 13.9. The van der Waals surface area contributed by atoms with E-state index in [9.17, 15) is 9.59 Å². The van der Waals surface area contributed by atoms with Crippen molar-refractivity contribution in [1.82, 2.24) is 20.0 Å². The molecule has 3 N–H and O–H groups in total. The summed E-state index contributed by atoms with van der Waals surface area (Å²) in [5, 5.41) is 13.0. The Kier molecular flexibility index (Phi) is 12.2. The third-order valence-corrected chi connectivity index (χ3v) is 9.17. The molecule has 0 radical (unpaired) electrons. The zero-order valence-corrected chi connectivity index (χ0v) is 27.4. The van der Waals surface area contributed by atoms with Crippen LogP contribution in [-0.4, -0.2) is 69.6 Å². The van der Waals surface area contributed by atoms with Gasteiger partial charge in [0.05, 0.1) is 6.04 Å². The molecule has 0 spiro atoms. The first-order valence-electron chi connectivity index (χ1n) is 15.0. The number of nitrogens with zero attached hydrogens (tertiary/aromatic N) is 4. The molecule has 0 saturated carbocycles. The molecule has 1 aliphatic rings. The normalized spacial score (nSPS) is 18.5. The number of carbonyl (C=O) groups excluding carboxylic acids is 2. The number of carbonyl (C=O) groups is 2. The minimum atomic E-state index is -0.764. The van der Waals surface area contributed by atoms with Crippen molar-refractivity contribution >= 4 is 51.5 Å². The van der Waals surface area contributed by atoms with E-state index in [1.54, 1.807) is 17.6 Å². The molecule has 4 atom stereocenters. The van der Waals surface area contributed by atoms with Crippen LogP contribution in [0.25, 0.3) is 0 Å². The van der Waals surface area contributed by atoms with Crippen LogP contribution in [0.3, 0.4) is 0 Å². The van der Waals surface area contributed by atoms with Gasteiger partial charge in [-0.3, -0.25) is 9.59 Å². The number of anilines is 1. The predicted octanol–water partition coefficient (Wildman–Crippen LogP) is 5.94. The molecule has 1 aliphatic heterocycles. The monoisotopic (exact) mass is 644 g/mol. The number of nitrogens with two attached hydrogens (primary N) is 1. The van der Waals surface area contributed by atoms with Crippen LogP contribution >= 0.6 is 34.5 Å². The highest BCUT2D eigenvalue weighted by molar-refractivity contribution is 7.13. The lowest BCUT2D eigenvalue weighted by Gasteiger charge is -2.48. The molecular weight excluding hydrogens is 603 g/mol. The SMILES string of the molecule is CC(C)C[C@@H]1CN(C(=O)[C@H](N)Cc2ccc(Cl)cc2Cl)[C@@H](CCCNc2nncs2)CN1C(=O)C(C)Cc1ccccc1. The summed E-state index contributed by atoms with van der Waals surface area (Å²) in [5.41, 5.74) is 10.2. The summed E-state index contributed by atoms with van der Waals surface area (Å²) < 4.78 is 0. The molecule has 232 valence electrons. The Bertz CT molecular complexity index is 1330. The maximum Gasteiger partial charge on any atom is 0.240 e. The van der Waals surface area contributed by atoms with E-state index in [1.165, 1.54) is 11.3 Å². The number of piperazine rings is 1. The van der Waals surface area contributed by atoms with Gasteiger partial charge in [-0.05, 0) is 61.3 Å². The second-order valence-electron chi connectivity index (χ2n) is 11.9. The zero-order chi connectivity index (χ0) is 30.9. The van der Waals surface area contributed by atoms with Crippen molar-refractivity contribution < 1.29 is 9.59 Å². The first kappa shape index (κ1) is 33.2. The molecule has 8 nitrogen and oxygen atoms in total. The summed E-state index contributed by atoms with van der Waals surface area (Å²) in [7, 11) is 0. The van der Waals surface area contributed by atoms with Crippen LogP contribution in [-0.2, 0) is 22.4 Å². The Hall–Kier alpha value is -2.72. The maximum atomic E-state index is 14.0. The quantitative estimate of drug-likeness (QED) is 0.223. The fourth-order valence-electron chi connectivity index (χ4n) is 5.83. The molecule has 2 heterocycles. The number of rotatable bonds is 13. The molecule has 2 amide bonds. The Balaban J connectivity index is 1.53. The average molecular weight is 646 g/mol. The zero-order valence-electron chi connectivity index (χ0n) is 25.1. The predicted molar refractivity (Wildman–Crippen MR) is 176 cm³/mol. The van der Waals surface area contributed by atoms with Gasteiger partial charge in [-0.15, -0.1) is 10.2 Å². The van der Waals surface area contributed by atoms with Crippen molar-refractivity contribution in [2.24, 2.45) is 17.6 Å². The first-order valence-corrected chi connectivity index (χ1v) is 16.6. The number of hydrogen-bond donors (Lipinski definition) is 2. The lowest BCUT2D eigenvalue weighted by atomic mass is 9.92. The average Bonchev–Trinajstić information content (AvgIpc) is 3.50. The fraction of sp³-hybridized carbons (Fsp3) is 0.500. The van der Waals surface area contributed by atoms with Gasteiger partial charge in [0.2, 0.25) is 16.9 Å². The molecule has 1 aromatic heterocycles. The molecular formula is C32H42Cl2N6O2S. The topological polar surface area (TPSA) is 104 Å². The highest BCUT2D eigenvalue weighted by Crippen LogP contribution is 2.28. The number of halogens is 2.